The van der Waals surface area contributed by atoms with Crippen molar-refractivity contribution < 1.29 is 0 Å². The van der Waals surface area contributed by atoms with E-state index in [1.54, 1.807) is 0 Å². The molecular formula is C16H26N2. The van der Waals surface area contributed by atoms with E-state index < -0.39 is 0 Å². The van der Waals surface area contributed by atoms with Crippen LogP contribution in [0, 0.1) is 0 Å². The standard InChI is InChI=1S/C16H26N2/c1-3-18(16-10-7-11-17-13-16)14(2)12-15-8-5-4-6-9-15/h4-6,8-9,14,16-17H,3,7,10-13H2,1-2H3. The number of benzene rings is 1. The van der Waals surface area contributed by atoms with E-state index in [2.05, 4.69) is 54.4 Å². The summed E-state index contributed by atoms with van der Waals surface area (Å²) in [6.45, 7) is 8.16. The van der Waals surface area contributed by atoms with E-state index in [1.807, 2.05) is 0 Å². The highest BCUT2D eigenvalue weighted by molar-refractivity contribution is 5.15. The zero-order valence-corrected chi connectivity index (χ0v) is 11.7. The number of hydrogen-bond acceptors (Lipinski definition) is 2. The Balaban J connectivity index is 1.94. The fourth-order valence-corrected chi connectivity index (χ4v) is 3.12. The molecule has 18 heavy (non-hydrogen) atoms. The molecule has 1 saturated heterocycles. The minimum atomic E-state index is 0.627. The molecule has 2 nitrogen and oxygen atoms in total. The van der Waals surface area contributed by atoms with Gasteiger partial charge in [-0.2, -0.15) is 0 Å². The number of piperidine rings is 1. The molecule has 2 unspecified atom stereocenters. The van der Waals surface area contributed by atoms with E-state index in [1.165, 1.54) is 24.9 Å². The van der Waals surface area contributed by atoms with Crippen LogP contribution in [-0.2, 0) is 6.42 Å². The smallest absolute Gasteiger partial charge is 0.0223 e. The van der Waals surface area contributed by atoms with Gasteiger partial charge < -0.3 is 5.32 Å². The first-order chi connectivity index (χ1) is 8.81. The Morgan fingerprint density at radius 1 is 1.33 bits per heavy atom. The van der Waals surface area contributed by atoms with Crippen molar-refractivity contribution in [2.75, 3.05) is 19.6 Å². The van der Waals surface area contributed by atoms with Crippen LogP contribution in [0.15, 0.2) is 30.3 Å². The second-order valence-corrected chi connectivity index (χ2v) is 5.37. The van der Waals surface area contributed by atoms with Gasteiger partial charge in [-0.1, -0.05) is 37.3 Å². The molecule has 2 rings (SSSR count). The molecule has 1 N–H and O–H groups in total. The van der Waals surface area contributed by atoms with Gasteiger partial charge in [-0.25, -0.2) is 0 Å². The van der Waals surface area contributed by atoms with Crippen LogP contribution in [0.1, 0.15) is 32.3 Å². The topological polar surface area (TPSA) is 15.3 Å². The van der Waals surface area contributed by atoms with Crippen LogP contribution in [0.3, 0.4) is 0 Å². The lowest BCUT2D eigenvalue weighted by Crippen LogP contribution is -2.50. The third-order valence-corrected chi connectivity index (χ3v) is 4.05. The van der Waals surface area contributed by atoms with E-state index in [0.29, 0.717) is 6.04 Å². The first-order valence-electron chi connectivity index (χ1n) is 7.31. The highest BCUT2D eigenvalue weighted by atomic mass is 15.2. The van der Waals surface area contributed by atoms with Crippen molar-refractivity contribution in [2.24, 2.45) is 0 Å². The van der Waals surface area contributed by atoms with Gasteiger partial charge in [-0.05, 0) is 44.8 Å². The van der Waals surface area contributed by atoms with Crippen LogP contribution in [0.4, 0.5) is 0 Å². The Morgan fingerprint density at radius 2 is 2.11 bits per heavy atom. The fourth-order valence-electron chi connectivity index (χ4n) is 3.12. The normalized spacial score (nSPS) is 22.1. The molecule has 0 amide bonds. The van der Waals surface area contributed by atoms with Crippen molar-refractivity contribution in [3.63, 3.8) is 0 Å². The molecule has 2 heteroatoms. The minimum absolute atomic E-state index is 0.627. The lowest BCUT2D eigenvalue weighted by atomic mass is 10.0. The van der Waals surface area contributed by atoms with Crippen molar-refractivity contribution in [3.05, 3.63) is 35.9 Å². The van der Waals surface area contributed by atoms with Crippen LogP contribution in [0.5, 0.6) is 0 Å². The zero-order valence-electron chi connectivity index (χ0n) is 11.7. The van der Waals surface area contributed by atoms with E-state index in [4.69, 9.17) is 0 Å². The Morgan fingerprint density at radius 3 is 2.72 bits per heavy atom. The number of nitrogens with one attached hydrogen (secondary N) is 1. The lowest BCUT2D eigenvalue weighted by Gasteiger charge is -2.38. The number of nitrogens with zero attached hydrogens (tertiary/aromatic N) is 1. The average molecular weight is 246 g/mol. The van der Waals surface area contributed by atoms with E-state index in [0.717, 1.165) is 25.6 Å². The molecule has 0 aliphatic carbocycles. The first-order valence-corrected chi connectivity index (χ1v) is 7.31. The van der Waals surface area contributed by atoms with Crippen LogP contribution in [-0.4, -0.2) is 36.6 Å². The van der Waals surface area contributed by atoms with Crippen LogP contribution in [0.25, 0.3) is 0 Å². The van der Waals surface area contributed by atoms with Crippen LogP contribution < -0.4 is 5.32 Å². The van der Waals surface area contributed by atoms with Crippen molar-refractivity contribution in [1.29, 1.82) is 0 Å². The molecular weight excluding hydrogens is 220 g/mol. The molecule has 1 fully saturated rings. The number of likely N-dealkylation sites (N-methyl/N-ethyl adjacent to an activating group) is 1. The van der Waals surface area contributed by atoms with Gasteiger partial charge in [-0.3, -0.25) is 4.90 Å². The molecule has 1 aliphatic rings. The van der Waals surface area contributed by atoms with Gasteiger partial charge in [-0.15, -0.1) is 0 Å². The molecule has 2 atom stereocenters. The molecule has 0 bridgehead atoms. The van der Waals surface area contributed by atoms with Gasteiger partial charge in [0.1, 0.15) is 0 Å². The molecule has 1 aromatic rings. The molecule has 0 radical (unpaired) electrons. The number of hydrogen-bond donors (Lipinski definition) is 1. The van der Waals surface area contributed by atoms with Gasteiger partial charge in [0, 0.05) is 18.6 Å². The third-order valence-electron chi connectivity index (χ3n) is 4.05. The van der Waals surface area contributed by atoms with Crippen molar-refractivity contribution >= 4 is 0 Å². The van der Waals surface area contributed by atoms with Crippen molar-refractivity contribution in [1.82, 2.24) is 10.2 Å². The maximum absolute atomic E-state index is 3.53. The molecule has 1 heterocycles. The summed E-state index contributed by atoms with van der Waals surface area (Å²) in [7, 11) is 0. The average Bonchev–Trinajstić information content (AvgIpc) is 2.42. The molecule has 0 aromatic heterocycles. The molecule has 1 aliphatic heterocycles. The lowest BCUT2D eigenvalue weighted by molar-refractivity contribution is 0.127. The Kier molecular flexibility index (Phi) is 5.21. The molecule has 100 valence electrons. The van der Waals surface area contributed by atoms with Gasteiger partial charge in [0.15, 0.2) is 0 Å². The van der Waals surface area contributed by atoms with Crippen LogP contribution >= 0.6 is 0 Å². The zero-order chi connectivity index (χ0) is 12.8. The van der Waals surface area contributed by atoms with Gasteiger partial charge in [0.05, 0.1) is 0 Å². The fraction of sp³-hybridized carbons (Fsp3) is 0.625. The van der Waals surface area contributed by atoms with Gasteiger partial charge in [0.2, 0.25) is 0 Å². The molecule has 0 spiro atoms. The minimum Gasteiger partial charge on any atom is -0.315 e. The third kappa shape index (κ3) is 3.56. The van der Waals surface area contributed by atoms with E-state index in [-0.39, 0.29) is 0 Å². The molecule has 1 aromatic carbocycles. The predicted molar refractivity (Wildman–Crippen MR) is 77.9 cm³/mol. The summed E-state index contributed by atoms with van der Waals surface area (Å²) in [4.78, 5) is 2.67. The van der Waals surface area contributed by atoms with E-state index in [9.17, 15) is 0 Å². The monoisotopic (exact) mass is 246 g/mol. The first kappa shape index (κ1) is 13.6. The SMILES string of the molecule is CCN(C(C)Cc1ccccc1)C1CCCNC1. The maximum Gasteiger partial charge on any atom is 0.0223 e. The van der Waals surface area contributed by atoms with E-state index >= 15 is 0 Å². The quantitative estimate of drug-likeness (QED) is 0.859. The largest absolute Gasteiger partial charge is 0.315 e. The summed E-state index contributed by atoms with van der Waals surface area (Å²) < 4.78 is 0. The Bertz CT molecular complexity index is 330. The predicted octanol–water partition coefficient (Wildman–Crippen LogP) is 2.69. The Labute approximate surface area is 111 Å². The molecule has 0 saturated carbocycles. The number of rotatable bonds is 5. The summed E-state index contributed by atoms with van der Waals surface area (Å²) in [5, 5.41) is 3.53. The van der Waals surface area contributed by atoms with Gasteiger partial charge in [0.25, 0.3) is 0 Å². The summed E-state index contributed by atoms with van der Waals surface area (Å²) >= 11 is 0. The van der Waals surface area contributed by atoms with Gasteiger partial charge >= 0.3 is 0 Å². The van der Waals surface area contributed by atoms with Crippen molar-refractivity contribution in [3.8, 4) is 0 Å². The summed E-state index contributed by atoms with van der Waals surface area (Å²) in [6, 6.07) is 12.2. The van der Waals surface area contributed by atoms with Crippen molar-refractivity contribution in [2.45, 2.75) is 45.2 Å². The summed E-state index contributed by atoms with van der Waals surface area (Å²) in [5.74, 6) is 0. The maximum atomic E-state index is 3.53. The van der Waals surface area contributed by atoms with Crippen LogP contribution in [0.2, 0.25) is 0 Å². The Hall–Kier alpha value is -0.860. The highest BCUT2D eigenvalue weighted by Gasteiger charge is 2.23. The highest BCUT2D eigenvalue weighted by Crippen LogP contribution is 2.16. The summed E-state index contributed by atoms with van der Waals surface area (Å²) in [5.41, 5.74) is 1.45. The summed E-state index contributed by atoms with van der Waals surface area (Å²) in [6.07, 6.45) is 3.82. The second kappa shape index (κ2) is 6.91. The second-order valence-electron chi connectivity index (χ2n) is 5.37.